The Bertz CT molecular complexity index is 634. The first kappa shape index (κ1) is 16.8. The smallest absolute Gasteiger partial charge is 0.271 e. The molecule has 122 valence electrons. The van der Waals surface area contributed by atoms with Gasteiger partial charge in [0.1, 0.15) is 11.6 Å². The summed E-state index contributed by atoms with van der Waals surface area (Å²) in [6.45, 7) is 1.38. The van der Waals surface area contributed by atoms with E-state index < -0.39 is 0 Å². The van der Waals surface area contributed by atoms with E-state index in [2.05, 4.69) is 20.8 Å². The van der Waals surface area contributed by atoms with Gasteiger partial charge in [0, 0.05) is 20.2 Å². The van der Waals surface area contributed by atoms with Crippen LogP contribution in [0.25, 0.3) is 0 Å². The maximum Gasteiger partial charge on any atom is 0.271 e. The number of halogens is 1. The Morgan fingerprint density at radius 2 is 2.00 bits per heavy atom. The number of carbonyl (C=O) groups is 1. The number of carbonyl (C=O) groups excluding carboxylic acids is 1. The molecule has 0 spiro atoms. The van der Waals surface area contributed by atoms with Crippen molar-refractivity contribution in [2.75, 3.05) is 32.1 Å². The molecular formula is C16H19FN4O2. The summed E-state index contributed by atoms with van der Waals surface area (Å²) >= 11 is 0. The van der Waals surface area contributed by atoms with Crippen LogP contribution < -0.4 is 10.6 Å². The largest absolute Gasteiger partial charge is 0.383 e. The van der Waals surface area contributed by atoms with E-state index in [1.807, 2.05) is 0 Å². The van der Waals surface area contributed by atoms with Crippen molar-refractivity contribution in [1.29, 1.82) is 0 Å². The summed E-state index contributed by atoms with van der Waals surface area (Å²) in [5.41, 5.74) is 0.878. The third kappa shape index (κ3) is 5.30. The van der Waals surface area contributed by atoms with Crippen molar-refractivity contribution in [3.05, 3.63) is 53.5 Å². The van der Waals surface area contributed by atoms with E-state index in [1.54, 1.807) is 37.4 Å². The third-order valence-corrected chi connectivity index (χ3v) is 3.15. The molecular weight excluding hydrogens is 299 g/mol. The molecule has 0 saturated heterocycles. The van der Waals surface area contributed by atoms with Gasteiger partial charge >= 0.3 is 0 Å². The molecule has 2 aromatic rings. The van der Waals surface area contributed by atoms with Crippen LogP contribution in [0.5, 0.6) is 0 Å². The van der Waals surface area contributed by atoms with Gasteiger partial charge in [-0.1, -0.05) is 18.2 Å². The standard InChI is InChI=1S/C16H19FN4O2/c1-23-11-10-19-16(22)14-6-7-15(21-20-14)18-9-8-12-4-2-3-5-13(12)17/h2-7H,8-11H2,1H3,(H,18,21)(H,19,22). The van der Waals surface area contributed by atoms with Crippen molar-refractivity contribution in [1.82, 2.24) is 15.5 Å². The average Bonchev–Trinajstić information content (AvgIpc) is 2.57. The molecule has 0 aliphatic rings. The van der Waals surface area contributed by atoms with Gasteiger partial charge in [0.15, 0.2) is 5.69 Å². The van der Waals surface area contributed by atoms with E-state index in [0.29, 0.717) is 37.5 Å². The van der Waals surface area contributed by atoms with Crippen LogP contribution in [0.4, 0.5) is 10.2 Å². The molecule has 1 aromatic heterocycles. The Morgan fingerprint density at radius 1 is 1.17 bits per heavy atom. The fourth-order valence-electron chi connectivity index (χ4n) is 1.93. The second-order valence-electron chi connectivity index (χ2n) is 4.82. The van der Waals surface area contributed by atoms with Crippen LogP contribution in [0, 0.1) is 5.82 Å². The molecule has 0 atom stereocenters. The number of nitrogens with zero attached hydrogens (tertiary/aromatic N) is 2. The summed E-state index contributed by atoms with van der Waals surface area (Å²) in [6, 6.07) is 9.89. The number of anilines is 1. The number of amides is 1. The maximum atomic E-state index is 13.5. The zero-order valence-electron chi connectivity index (χ0n) is 12.9. The molecule has 1 aromatic carbocycles. The number of hydrogen-bond acceptors (Lipinski definition) is 5. The molecule has 7 heteroatoms. The summed E-state index contributed by atoms with van der Waals surface area (Å²) in [5, 5.41) is 13.5. The quantitative estimate of drug-likeness (QED) is 0.724. The van der Waals surface area contributed by atoms with Gasteiger partial charge in [0.25, 0.3) is 5.91 Å². The van der Waals surface area contributed by atoms with Gasteiger partial charge in [-0.05, 0) is 30.2 Å². The molecule has 0 unspecified atom stereocenters. The van der Waals surface area contributed by atoms with Gasteiger partial charge in [-0.25, -0.2) is 4.39 Å². The number of methoxy groups -OCH3 is 1. The molecule has 1 heterocycles. The van der Waals surface area contributed by atoms with Gasteiger partial charge in [0.05, 0.1) is 6.61 Å². The van der Waals surface area contributed by atoms with Crippen LogP contribution in [-0.4, -0.2) is 42.9 Å². The van der Waals surface area contributed by atoms with Gasteiger partial charge in [0.2, 0.25) is 0 Å². The van der Waals surface area contributed by atoms with Crippen molar-refractivity contribution in [3.8, 4) is 0 Å². The average molecular weight is 318 g/mol. The lowest BCUT2D eigenvalue weighted by molar-refractivity contribution is 0.0931. The summed E-state index contributed by atoms with van der Waals surface area (Å²) < 4.78 is 18.3. The Labute approximate surface area is 134 Å². The monoisotopic (exact) mass is 318 g/mol. The molecule has 1 amide bonds. The first-order valence-corrected chi connectivity index (χ1v) is 7.29. The Kier molecular flexibility index (Phi) is 6.43. The minimum atomic E-state index is -0.299. The highest BCUT2D eigenvalue weighted by molar-refractivity contribution is 5.92. The fourth-order valence-corrected chi connectivity index (χ4v) is 1.93. The number of aromatic nitrogens is 2. The Morgan fingerprint density at radius 3 is 2.70 bits per heavy atom. The molecule has 2 rings (SSSR count). The predicted molar refractivity (Wildman–Crippen MR) is 84.8 cm³/mol. The van der Waals surface area contributed by atoms with E-state index in [4.69, 9.17) is 4.74 Å². The summed E-state index contributed by atoms with van der Waals surface area (Å²) in [4.78, 5) is 11.7. The molecule has 0 saturated carbocycles. The van der Waals surface area contributed by atoms with Crippen molar-refractivity contribution in [3.63, 3.8) is 0 Å². The fraction of sp³-hybridized carbons (Fsp3) is 0.312. The highest BCUT2D eigenvalue weighted by Crippen LogP contribution is 2.08. The Hall–Kier alpha value is -2.54. The maximum absolute atomic E-state index is 13.5. The van der Waals surface area contributed by atoms with Crippen LogP contribution in [0.2, 0.25) is 0 Å². The Balaban J connectivity index is 1.81. The zero-order valence-corrected chi connectivity index (χ0v) is 12.9. The number of nitrogens with one attached hydrogen (secondary N) is 2. The van der Waals surface area contributed by atoms with Crippen molar-refractivity contribution in [2.45, 2.75) is 6.42 Å². The van der Waals surface area contributed by atoms with E-state index in [1.165, 1.54) is 6.07 Å². The molecule has 6 nitrogen and oxygen atoms in total. The summed E-state index contributed by atoms with van der Waals surface area (Å²) in [7, 11) is 1.56. The lowest BCUT2D eigenvalue weighted by Gasteiger charge is -2.07. The predicted octanol–water partition coefficient (Wildman–Crippen LogP) is 1.65. The molecule has 0 fully saturated rings. The van der Waals surface area contributed by atoms with Gasteiger partial charge in [-0.2, -0.15) is 0 Å². The van der Waals surface area contributed by atoms with E-state index in [0.717, 1.165) is 0 Å². The minimum absolute atomic E-state index is 0.219. The third-order valence-electron chi connectivity index (χ3n) is 3.15. The van der Waals surface area contributed by atoms with Gasteiger partial charge in [-0.3, -0.25) is 4.79 Å². The molecule has 23 heavy (non-hydrogen) atoms. The second kappa shape index (κ2) is 8.79. The summed E-state index contributed by atoms with van der Waals surface area (Å²) in [5.74, 6) is 0.0192. The molecule has 0 bridgehead atoms. The first-order valence-electron chi connectivity index (χ1n) is 7.29. The van der Waals surface area contributed by atoms with Crippen LogP contribution in [0.15, 0.2) is 36.4 Å². The normalized spacial score (nSPS) is 10.3. The molecule has 0 radical (unpaired) electrons. The van der Waals surface area contributed by atoms with Crippen molar-refractivity contribution in [2.24, 2.45) is 0 Å². The lowest BCUT2D eigenvalue weighted by Crippen LogP contribution is -2.28. The lowest BCUT2D eigenvalue weighted by atomic mass is 10.1. The topological polar surface area (TPSA) is 76.1 Å². The van der Waals surface area contributed by atoms with Crippen LogP contribution in [0.3, 0.4) is 0 Å². The number of benzene rings is 1. The van der Waals surface area contributed by atoms with Crippen molar-refractivity contribution >= 4 is 11.7 Å². The number of ether oxygens (including phenoxy) is 1. The summed E-state index contributed by atoms with van der Waals surface area (Å²) in [6.07, 6.45) is 0.535. The van der Waals surface area contributed by atoms with Gasteiger partial charge < -0.3 is 15.4 Å². The second-order valence-corrected chi connectivity index (χ2v) is 4.82. The highest BCUT2D eigenvalue weighted by atomic mass is 19.1. The van der Waals surface area contributed by atoms with Crippen LogP contribution >= 0.6 is 0 Å². The zero-order chi connectivity index (χ0) is 16.5. The number of hydrogen-bond donors (Lipinski definition) is 2. The van der Waals surface area contributed by atoms with E-state index >= 15 is 0 Å². The van der Waals surface area contributed by atoms with E-state index in [-0.39, 0.29) is 17.4 Å². The van der Waals surface area contributed by atoms with Gasteiger partial charge in [-0.15, -0.1) is 10.2 Å². The SMILES string of the molecule is COCCNC(=O)c1ccc(NCCc2ccccc2F)nn1. The number of rotatable bonds is 8. The van der Waals surface area contributed by atoms with Crippen LogP contribution in [0.1, 0.15) is 16.1 Å². The highest BCUT2D eigenvalue weighted by Gasteiger charge is 2.07. The molecule has 2 N–H and O–H groups in total. The first-order chi connectivity index (χ1) is 11.2. The van der Waals surface area contributed by atoms with E-state index in [9.17, 15) is 9.18 Å². The van der Waals surface area contributed by atoms with Crippen molar-refractivity contribution < 1.29 is 13.9 Å². The van der Waals surface area contributed by atoms with Crippen LogP contribution in [-0.2, 0) is 11.2 Å². The minimum Gasteiger partial charge on any atom is -0.383 e. The molecule has 0 aliphatic heterocycles. The molecule has 0 aliphatic carbocycles.